The Morgan fingerprint density at radius 2 is 1.87 bits per heavy atom. The zero-order valence-corrected chi connectivity index (χ0v) is 22.8. The molecule has 2 heterocycles. The summed E-state index contributed by atoms with van der Waals surface area (Å²) in [7, 11) is 4.94. The lowest BCUT2D eigenvalue weighted by atomic mass is 10.1. The number of methoxy groups -OCH3 is 2. The van der Waals surface area contributed by atoms with Gasteiger partial charge in [0.25, 0.3) is 0 Å². The van der Waals surface area contributed by atoms with Gasteiger partial charge in [0.2, 0.25) is 5.91 Å². The lowest BCUT2D eigenvalue weighted by molar-refractivity contribution is -0.121. The maximum Gasteiger partial charge on any atom is 0.241 e. The molecule has 10 nitrogen and oxygen atoms in total. The summed E-state index contributed by atoms with van der Waals surface area (Å²) in [6.07, 6.45) is 4.57. The summed E-state index contributed by atoms with van der Waals surface area (Å²) in [6, 6.07) is 12.5. The fourth-order valence-electron chi connectivity index (χ4n) is 4.36. The highest BCUT2D eigenvalue weighted by Crippen LogP contribution is 2.34. The third-order valence-electron chi connectivity index (χ3n) is 6.42. The van der Waals surface area contributed by atoms with E-state index >= 15 is 0 Å². The minimum absolute atomic E-state index is 0.0268. The van der Waals surface area contributed by atoms with Crippen LogP contribution in [0.25, 0.3) is 11.0 Å². The van der Waals surface area contributed by atoms with Crippen molar-refractivity contribution in [2.75, 3.05) is 52.3 Å². The van der Waals surface area contributed by atoms with Crippen LogP contribution in [0, 0.1) is 0 Å². The van der Waals surface area contributed by atoms with Gasteiger partial charge in [-0.1, -0.05) is 13.8 Å². The average molecular weight is 520 g/mol. The molecule has 0 aliphatic carbocycles. The maximum atomic E-state index is 11.7. The highest BCUT2D eigenvalue weighted by Gasteiger charge is 2.23. The third-order valence-corrected chi connectivity index (χ3v) is 6.42. The largest absolute Gasteiger partial charge is 0.497 e. The fraction of sp³-hybridized carbons (Fsp3) is 0.429. The molecule has 1 atom stereocenters. The minimum Gasteiger partial charge on any atom is -0.497 e. The standard InChI is InChI=1S/C28H37N7O3/c1-19(2)30-9-6-10-35(22-11-23(37-4)14-24(12-22)38-5)21-7-8-25-26(13-21)33-27(16-31-25)20-15-32-34(17-20)18-28(36)29-3/h7-8,11-16,19-20,30H,6,9-10,17-18H2,1-5H3,(H,29,36). The molecule has 2 N–H and O–H groups in total. The van der Waals surface area contributed by atoms with Crippen LogP contribution in [0.5, 0.6) is 11.5 Å². The molecule has 0 spiro atoms. The van der Waals surface area contributed by atoms with E-state index in [4.69, 9.17) is 14.5 Å². The second kappa shape index (κ2) is 12.6. The van der Waals surface area contributed by atoms with Gasteiger partial charge in [-0.2, -0.15) is 5.10 Å². The van der Waals surface area contributed by atoms with E-state index in [0.29, 0.717) is 12.6 Å². The molecule has 1 amide bonds. The lowest BCUT2D eigenvalue weighted by Gasteiger charge is -2.26. The van der Waals surface area contributed by atoms with Gasteiger partial charge in [-0.3, -0.25) is 14.8 Å². The summed E-state index contributed by atoms with van der Waals surface area (Å²) >= 11 is 0. The molecular weight excluding hydrogens is 482 g/mol. The molecule has 1 aromatic heterocycles. The Morgan fingerprint density at radius 1 is 1.11 bits per heavy atom. The highest BCUT2D eigenvalue weighted by atomic mass is 16.5. The molecule has 3 aromatic rings. The average Bonchev–Trinajstić information content (AvgIpc) is 3.40. The number of anilines is 2. The van der Waals surface area contributed by atoms with E-state index in [1.807, 2.05) is 30.5 Å². The Kier molecular flexibility index (Phi) is 8.96. The highest BCUT2D eigenvalue weighted by molar-refractivity contribution is 5.82. The van der Waals surface area contributed by atoms with E-state index in [1.165, 1.54) is 0 Å². The number of carbonyl (C=O) groups is 1. The Morgan fingerprint density at radius 3 is 2.55 bits per heavy atom. The molecule has 0 saturated heterocycles. The van der Waals surface area contributed by atoms with Gasteiger partial charge < -0.3 is 25.0 Å². The summed E-state index contributed by atoms with van der Waals surface area (Å²) in [4.78, 5) is 23.6. The first-order valence-electron chi connectivity index (χ1n) is 12.9. The number of hydrazone groups is 1. The van der Waals surface area contributed by atoms with E-state index in [9.17, 15) is 4.79 Å². The smallest absolute Gasteiger partial charge is 0.241 e. The number of aromatic nitrogens is 2. The van der Waals surface area contributed by atoms with Crippen LogP contribution in [0.3, 0.4) is 0 Å². The summed E-state index contributed by atoms with van der Waals surface area (Å²) in [5.41, 5.74) is 4.43. The van der Waals surface area contributed by atoms with E-state index in [-0.39, 0.29) is 18.4 Å². The van der Waals surface area contributed by atoms with Crippen molar-refractivity contribution in [2.45, 2.75) is 32.2 Å². The van der Waals surface area contributed by atoms with Gasteiger partial charge in [-0.25, -0.2) is 4.98 Å². The van der Waals surface area contributed by atoms with Crippen LogP contribution in [0.1, 0.15) is 31.9 Å². The van der Waals surface area contributed by atoms with Gasteiger partial charge in [-0.05, 0) is 31.2 Å². The summed E-state index contributed by atoms with van der Waals surface area (Å²) in [5, 5.41) is 12.2. The quantitative estimate of drug-likeness (QED) is 0.351. The van der Waals surface area contributed by atoms with Crippen molar-refractivity contribution in [1.29, 1.82) is 0 Å². The molecule has 2 aromatic carbocycles. The third kappa shape index (κ3) is 6.69. The van der Waals surface area contributed by atoms with E-state index in [0.717, 1.165) is 59.1 Å². The molecule has 0 radical (unpaired) electrons. The van der Waals surface area contributed by atoms with Crippen molar-refractivity contribution in [3.05, 3.63) is 48.3 Å². The van der Waals surface area contributed by atoms with Crippen molar-refractivity contribution in [1.82, 2.24) is 25.6 Å². The first-order chi connectivity index (χ1) is 18.4. The molecule has 0 bridgehead atoms. The maximum absolute atomic E-state index is 11.7. The van der Waals surface area contributed by atoms with Crippen molar-refractivity contribution >= 4 is 34.5 Å². The number of nitrogens with one attached hydrogen (secondary N) is 2. The van der Waals surface area contributed by atoms with Crippen molar-refractivity contribution in [2.24, 2.45) is 5.10 Å². The van der Waals surface area contributed by atoms with Crippen LogP contribution in [0.2, 0.25) is 0 Å². The molecule has 0 fully saturated rings. The number of hydrogen-bond donors (Lipinski definition) is 2. The molecule has 202 valence electrons. The number of benzene rings is 2. The van der Waals surface area contributed by atoms with Crippen molar-refractivity contribution < 1.29 is 14.3 Å². The molecule has 1 aliphatic heterocycles. The number of amides is 1. The number of nitrogens with zero attached hydrogens (tertiary/aromatic N) is 5. The van der Waals surface area contributed by atoms with Gasteiger partial charge in [-0.15, -0.1) is 0 Å². The van der Waals surface area contributed by atoms with Gasteiger partial charge in [0, 0.05) is 61.6 Å². The monoisotopic (exact) mass is 519 g/mol. The Hall–Kier alpha value is -3.92. The predicted octanol–water partition coefficient (Wildman–Crippen LogP) is 3.30. The van der Waals surface area contributed by atoms with Crippen molar-refractivity contribution in [3.8, 4) is 11.5 Å². The van der Waals surface area contributed by atoms with Gasteiger partial charge in [0.05, 0.1) is 43.4 Å². The summed E-state index contributed by atoms with van der Waals surface area (Å²) < 4.78 is 11.1. The molecule has 1 aliphatic rings. The zero-order chi connectivity index (χ0) is 27.1. The van der Waals surface area contributed by atoms with Crippen LogP contribution < -0.4 is 25.0 Å². The Labute approximate surface area is 224 Å². The van der Waals surface area contributed by atoms with E-state index < -0.39 is 0 Å². The number of ether oxygens (including phenoxy) is 2. The second-order valence-electron chi connectivity index (χ2n) is 9.54. The first kappa shape index (κ1) is 27.1. The molecule has 4 rings (SSSR count). The minimum atomic E-state index is -0.0742. The van der Waals surface area contributed by atoms with E-state index in [1.54, 1.807) is 32.5 Å². The van der Waals surface area contributed by atoms with Gasteiger partial charge in [0.1, 0.15) is 18.0 Å². The number of likely N-dealkylation sites (N-methyl/N-ethyl adjacent to an activating group) is 1. The number of hydrogen-bond acceptors (Lipinski definition) is 9. The Balaban J connectivity index is 1.63. The van der Waals surface area contributed by atoms with Gasteiger partial charge >= 0.3 is 0 Å². The summed E-state index contributed by atoms with van der Waals surface area (Å²) in [6.45, 7) is 6.80. The van der Waals surface area contributed by atoms with Crippen LogP contribution in [-0.4, -0.2) is 80.6 Å². The SMILES string of the molecule is CNC(=O)CN1CC(c2cnc3ccc(N(CCCNC(C)C)c4cc(OC)cc(OC)c4)cc3n2)C=N1. The summed E-state index contributed by atoms with van der Waals surface area (Å²) in [5.74, 6) is 1.36. The number of rotatable bonds is 12. The molecule has 10 heteroatoms. The fourth-order valence-corrected chi connectivity index (χ4v) is 4.36. The predicted molar refractivity (Wildman–Crippen MR) is 151 cm³/mol. The number of carbonyl (C=O) groups excluding carboxylic acids is 1. The molecule has 38 heavy (non-hydrogen) atoms. The molecule has 1 unspecified atom stereocenters. The molecule has 0 saturated carbocycles. The van der Waals surface area contributed by atoms with E-state index in [2.05, 4.69) is 51.6 Å². The lowest BCUT2D eigenvalue weighted by Crippen LogP contribution is -2.32. The first-order valence-corrected chi connectivity index (χ1v) is 12.9. The van der Waals surface area contributed by atoms with Crippen LogP contribution >= 0.6 is 0 Å². The van der Waals surface area contributed by atoms with Crippen LogP contribution in [-0.2, 0) is 4.79 Å². The topological polar surface area (TPSA) is 104 Å². The number of fused-ring (bicyclic) bond motifs is 1. The normalized spacial score (nSPS) is 14.8. The molecular formula is C28H37N7O3. The van der Waals surface area contributed by atoms with Crippen LogP contribution in [0.4, 0.5) is 11.4 Å². The van der Waals surface area contributed by atoms with Crippen molar-refractivity contribution in [3.63, 3.8) is 0 Å². The zero-order valence-electron chi connectivity index (χ0n) is 22.8. The Bertz CT molecular complexity index is 1260. The second-order valence-corrected chi connectivity index (χ2v) is 9.54. The van der Waals surface area contributed by atoms with Crippen LogP contribution in [0.15, 0.2) is 47.7 Å². The van der Waals surface area contributed by atoms with Gasteiger partial charge in [0.15, 0.2) is 0 Å².